The Labute approximate surface area is 199 Å². The maximum absolute atomic E-state index is 15.1. The molecule has 7 nitrogen and oxygen atoms in total. The van der Waals surface area contributed by atoms with Crippen molar-refractivity contribution in [3.05, 3.63) is 53.1 Å². The third-order valence-electron chi connectivity index (χ3n) is 7.00. The van der Waals surface area contributed by atoms with Gasteiger partial charge >= 0.3 is 0 Å². The van der Waals surface area contributed by atoms with Crippen molar-refractivity contribution in [3.8, 4) is 11.3 Å². The second-order valence-corrected chi connectivity index (χ2v) is 9.43. The molecule has 0 spiro atoms. The number of benzene rings is 1. The van der Waals surface area contributed by atoms with Gasteiger partial charge in [-0.2, -0.15) is 10.2 Å². The van der Waals surface area contributed by atoms with Crippen LogP contribution in [0.1, 0.15) is 67.2 Å². The number of rotatable bonds is 4. The van der Waals surface area contributed by atoms with Gasteiger partial charge in [-0.25, -0.2) is 13.9 Å². The van der Waals surface area contributed by atoms with E-state index < -0.39 is 0 Å². The molecule has 178 valence electrons. The van der Waals surface area contributed by atoms with Gasteiger partial charge in [0.25, 0.3) is 5.91 Å². The lowest BCUT2D eigenvalue weighted by Gasteiger charge is -2.27. The summed E-state index contributed by atoms with van der Waals surface area (Å²) in [5, 5.41) is 10.7. The summed E-state index contributed by atoms with van der Waals surface area (Å²) >= 11 is 0. The van der Waals surface area contributed by atoms with Gasteiger partial charge in [-0.1, -0.05) is 25.8 Å². The van der Waals surface area contributed by atoms with Crippen LogP contribution in [0.3, 0.4) is 0 Å². The van der Waals surface area contributed by atoms with E-state index in [0.29, 0.717) is 29.0 Å². The molecular weight excluding hydrogens is 431 g/mol. The molecule has 0 N–H and O–H groups in total. The number of fused-ring (bicyclic) bond motifs is 1. The molecule has 0 bridgehead atoms. The number of carbonyl (C=O) groups is 1. The van der Waals surface area contributed by atoms with E-state index in [9.17, 15) is 4.79 Å². The predicted molar refractivity (Wildman–Crippen MR) is 131 cm³/mol. The average Bonchev–Trinajstić information content (AvgIpc) is 3.40. The second kappa shape index (κ2) is 9.16. The van der Waals surface area contributed by atoms with Crippen molar-refractivity contribution < 1.29 is 9.18 Å². The summed E-state index contributed by atoms with van der Waals surface area (Å²) in [6.07, 6.45) is 6.88. The fourth-order valence-electron chi connectivity index (χ4n) is 4.99. The zero-order valence-electron chi connectivity index (χ0n) is 20.0. The number of nitrogens with zero attached hydrogens (tertiary/aromatic N) is 6. The average molecular weight is 463 g/mol. The molecule has 3 aromatic rings. The summed E-state index contributed by atoms with van der Waals surface area (Å²) in [5.74, 6) is -0.275. The van der Waals surface area contributed by atoms with E-state index in [-0.39, 0.29) is 23.7 Å². The standard InChI is InChI=1S/C26H31FN6O/c1-4-20-13-24(26(34)32-11-7-5-6-8-17(32)2)29-25-14-23(30-33(20)25)21-10-9-18(12-22(21)27)19-15-28-31(3)16-19/h9-10,12-15,17,19H,4-8,11,16H2,1-3H3. The van der Waals surface area contributed by atoms with Crippen molar-refractivity contribution in [2.75, 3.05) is 20.1 Å². The number of carbonyl (C=O) groups excluding carboxylic acids is 1. The number of hydrogen-bond acceptors (Lipinski definition) is 5. The van der Waals surface area contributed by atoms with E-state index in [2.05, 4.69) is 22.1 Å². The Morgan fingerprint density at radius 2 is 2.03 bits per heavy atom. The van der Waals surface area contributed by atoms with Crippen LogP contribution in [0.2, 0.25) is 0 Å². The van der Waals surface area contributed by atoms with Gasteiger partial charge in [0, 0.05) is 55.6 Å². The van der Waals surface area contributed by atoms with Crippen LogP contribution in [0.5, 0.6) is 0 Å². The number of likely N-dealkylation sites (tertiary alicyclic amines) is 1. The third kappa shape index (κ3) is 4.17. The van der Waals surface area contributed by atoms with Crippen LogP contribution in [-0.2, 0) is 6.42 Å². The highest BCUT2D eigenvalue weighted by atomic mass is 19.1. The van der Waals surface area contributed by atoms with Crippen molar-refractivity contribution >= 4 is 17.8 Å². The number of hydrazone groups is 1. The van der Waals surface area contributed by atoms with Gasteiger partial charge in [0.1, 0.15) is 11.5 Å². The number of aromatic nitrogens is 3. The molecule has 4 heterocycles. The Hall–Kier alpha value is -3.29. The molecule has 0 saturated carbocycles. The molecule has 8 heteroatoms. The molecule has 0 aliphatic carbocycles. The molecule has 1 aromatic carbocycles. The lowest BCUT2D eigenvalue weighted by molar-refractivity contribution is 0.0692. The van der Waals surface area contributed by atoms with Crippen LogP contribution >= 0.6 is 0 Å². The largest absolute Gasteiger partial charge is 0.335 e. The molecule has 2 aliphatic rings. The van der Waals surface area contributed by atoms with E-state index in [1.807, 2.05) is 42.2 Å². The normalized spacial score (nSPS) is 20.8. The van der Waals surface area contributed by atoms with E-state index in [1.54, 1.807) is 22.7 Å². The summed E-state index contributed by atoms with van der Waals surface area (Å²) in [5.41, 5.74) is 3.71. The van der Waals surface area contributed by atoms with Crippen molar-refractivity contribution in [1.82, 2.24) is 24.5 Å². The minimum absolute atomic E-state index is 0.0342. The third-order valence-corrected chi connectivity index (χ3v) is 7.00. The Morgan fingerprint density at radius 3 is 2.76 bits per heavy atom. The van der Waals surface area contributed by atoms with E-state index in [4.69, 9.17) is 0 Å². The Bertz CT molecular complexity index is 1250. The quantitative estimate of drug-likeness (QED) is 0.572. The minimum atomic E-state index is -0.323. The van der Waals surface area contributed by atoms with Gasteiger partial charge in [0.15, 0.2) is 5.65 Å². The van der Waals surface area contributed by atoms with Gasteiger partial charge in [0.2, 0.25) is 0 Å². The Kier molecular flexibility index (Phi) is 6.06. The smallest absolute Gasteiger partial charge is 0.272 e. The van der Waals surface area contributed by atoms with Gasteiger partial charge < -0.3 is 4.90 Å². The number of amides is 1. The molecule has 0 radical (unpaired) electrons. The molecule has 2 aliphatic heterocycles. The van der Waals surface area contributed by atoms with Crippen LogP contribution < -0.4 is 0 Å². The molecule has 34 heavy (non-hydrogen) atoms. The van der Waals surface area contributed by atoms with Crippen molar-refractivity contribution in [1.29, 1.82) is 0 Å². The maximum atomic E-state index is 15.1. The first-order valence-electron chi connectivity index (χ1n) is 12.2. The number of likely N-dealkylation sites (N-methyl/N-ethyl adjacent to an activating group) is 1. The topological polar surface area (TPSA) is 66.1 Å². The highest BCUT2D eigenvalue weighted by Crippen LogP contribution is 2.28. The first-order valence-corrected chi connectivity index (χ1v) is 12.2. The Balaban J connectivity index is 1.48. The van der Waals surface area contributed by atoms with Crippen LogP contribution in [-0.4, -0.2) is 62.8 Å². The molecule has 1 saturated heterocycles. The van der Waals surface area contributed by atoms with Gasteiger partial charge in [-0.3, -0.25) is 9.80 Å². The zero-order valence-corrected chi connectivity index (χ0v) is 20.0. The monoisotopic (exact) mass is 462 g/mol. The predicted octanol–water partition coefficient (Wildman–Crippen LogP) is 4.52. The zero-order chi connectivity index (χ0) is 23.8. The molecular formula is C26H31FN6O. The second-order valence-electron chi connectivity index (χ2n) is 9.43. The summed E-state index contributed by atoms with van der Waals surface area (Å²) in [6, 6.07) is 9.08. The molecule has 5 rings (SSSR count). The number of hydrogen-bond donors (Lipinski definition) is 0. The first kappa shape index (κ1) is 22.5. The van der Waals surface area contributed by atoms with E-state index in [0.717, 1.165) is 50.0 Å². The van der Waals surface area contributed by atoms with Crippen LogP contribution in [0, 0.1) is 5.82 Å². The molecule has 2 atom stereocenters. The fourth-order valence-corrected chi connectivity index (χ4v) is 4.99. The molecule has 2 aromatic heterocycles. The van der Waals surface area contributed by atoms with Crippen LogP contribution in [0.4, 0.5) is 4.39 Å². The lowest BCUT2D eigenvalue weighted by Crippen LogP contribution is -2.38. The SMILES string of the molecule is CCc1cc(C(=O)N2CCCCCC2C)nc2cc(-c3ccc(C4C=NN(C)C4)cc3F)nn12. The van der Waals surface area contributed by atoms with Crippen LogP contribution in [0.25, 0.3) is 16.9 Å². The first-order chi connectivity index (χ1) is 16.4. The van der Waals surface area contributed by atoms with Crippen molar-refractivity contribution in [2.45, 2.75) is 57.9 Å². The maximum Gasteiger partial charge on any atom is 0.272 e. The molecule has 1 amide bonds. The van der Waals surface area contributed by atoms with E-state index >= 15 is 4.39 Å². The summed E-state index contributed by atoms with van der Waals surface area (Å²) in [4.78, 5) is 20.0. The minimum Gasteiger partial charge on any atom is -0.335 e. The Morgan fingerprint density at radius 1 is 1.18 bits per heavy atom. The van der Waals surface area contributed by atoms with Crippen LogP contribution in [0.15, 0.2) is 35.4 Å². The summed E-state index contributed by atoms with van der Waals surface area (Å²) in [7, 11) is 1.91. The highest BCUT2D eigenvalue weighted by Gasteiger charge is 2.26. The molecule has 1 fully saturated rings. The van der Waals surface area contributed by atoms with Crippen molar-refractivity contribution in [2.24, 2.45) is 5.10 Å². The summed E-state index contributed by atoms with van der Waals surface area (Å²) < 4.78 is 16.9. The number of halogens is 1. The van der Waals surface area contributed by atoms with Gasteiger partial charge in [0.05, 0.1) is 5.69 Å². The highest BCUT2D eigenvalue weighted by molar-refractivity contribution is 5.93. The lowest BCUT2D eigenvalue weighted by atomic mass is 9.98. The van der Waals surface area contributed by atoms with E-state index in [1.165, 1.54) is 0 Å². The van der Waals surface area contributed by atoms with Gasteiger partial charge in [-0.05, 0) is 49.9 Å². The van der Waals surface area contributed by atoms with Crippen molar-refractivity contribution in [3.63, 3.8) is 0 Å². The fraction of sp³-hybridized carbons (Fsp3) is 0.462. The molecule has 2 unspecified atom stereocenters. The number of aryl methyl sites for hydroxylation is 1. The van der Waals surface area contributed by atoms with Gasteiger partial charge in [-0.15, -0.1) is 0 Å². The summed E-state index contributed by atoms with van der Waals surface area (Å²) in [6.45, 7) is 5.64.